The van der Waals surface area contributed by atoms with Crippen molar-refractivity contribution in [3.8, 4) is 0 Å². The fourth-order valence-corrected chi connectivity index (χ4v) is 5.04. The molecule has 1 atom stereocenters. The van der Waals surface area contributed by atoms with Crippen molar-refractivity contribution in [3.63, 3.8) is 0 Å². The number of carbonyl (C=O) groups excluding carboxylic acids is 4. The van der Waals surface area contributed by atoms with Crippen LogP contribution in [-0.4, -0.2) is 69.0 Å². The van der Waals surface area contributed by atoms with Gasteiger partial charge in [-0.05, 0) is 68.6 Å². The Labute approximate surface area is 271 Å². The lowest BCUT2D eigenvalue weighted by atomic mass is 10.1. The predicted octanol–water partition coefficient (Wildman–Crippen LogP) is -2.34. The number of imidazole rings is 1. The molecule has 1 aliphatic heterocycles. The molecule has 16 heteroatoms. The van der Waals surface area contributed by atoms with Crippen LogP contribution in [0.5, 0.6) is 0 Å². The summed E-state index contributed by atoms with van der Waals surface area (Å²) in [5.74, 6) is -7.05. The first-order chi connectivity index (χ1) is 23.0. The number of furan rings is 1. The van der Waals surface area contributed by atoms with E-state index in [1.165, 1.54) is 0 Å². The number of hydrogen-bond acceptors (Lipinski definition) is 15. The minimum Gasteiger partial charge on any atom is -0.543 e. The summed E-state index contributed by atoms with van der Waals surface area (Å²) in [6.45, 7) is 3.40. The highest BCUT2D eigenvalue weighted by molar-refractivity contribution is 6.25. The van der Waals surface area contributed by atoms with Gasteiger partial charge in [-0.3, -0.25) is 4.57 Å². The second-order valence-electron chi connectivity index (χ2n) is 10.6. The summed E-state index contributed by atoms with van der Waals surface area (Å²) in [4.78, 5) is 60.0. The average molecular weight is 660 g/mol. The molecule has 1 aromatic carbocycles. The number of likely N-dealkylation sites (tertiary alicyclic amines) is 1. The molecule has 5 aromatic rings. The highest BCUT2D eigenvalue weighted by atomic mass is 16.4. The van der Waals surface area contributed by atoms with Crippen LogP contribution < -0.4 is 31.4 Å². The van der Waals surface area contributed by atoms with Crippen molar-refractivity contribution in [3.05, 3.63) is 88.8 Å². The summed E-state index contributed by atoms with van der Waals surface area (Å²) in [5, 5.41) is 40.4. The Hall–Kier alpha value is -6.03. The van der Waals surface area contributed by atoms with Crippen LogP contribution in [0.15, 0.2) is 80.7 Å². The van der Waals surface area contributed by atoms with Gasteiger partial charge in [0.1, 0.15) is 16.9 Å². The molecular formula is C32H29N5O11-4. The molecule has 4 aromatic heterocycles. The standard InChI is InChI=1S/C28H29N5O3.2C2H2O4/c34-27-21(18-20-6-1-2-10-25(20)36-27)11-15-32-14-4-7-22(12-16-32)30-28-31-24-9-3-13-29-26(24)33(28)19-23-8-5-17-35-23;2*3-1(4)2(5)6/h1-3,5-6,8-10,13,17-18,22H,4,7,11-12,14-16,19H2,(H,30,31);2*(H,3,4)(H,5,6)/p-4. The zero-order valence-electron chi connectivity index (χ0n) is 25.4. The number of nitrogens with zero attached hydrogens (tertiary/aromatic N) is 4. The van der Waals surface area contributed by atoms with E-state index in [1.807, 2.05) is 54.6 Å². The Morgan fingerprint density at radius 1 is 0.896 bits per heavy atom. The fraction of sp³-hybridized carbons (Fsp3) is 0.281. The molecule has 0 bridgehead atoms. The number of anilines is 1. The molecule has 1 saturated heterocycles. The molecule has 1 aliphatic rings. The molecular weight excluding hydrogens is 630 g/mol. The van der Waals surface area contributed by atoms with E-state index in [4.69, 9.17) is 53.4 Å². The van der Waals surface area contributed by atoms with Crippen LogP contribution in [-0.2, 0) is 32.1 Å². The molecule has 1 unspecified atom stereocenters. The summed E-state index contributed by atoms with van der Waals surface area (Å²) >= 11 is 0. The van der Waals surface area contributed by atoms with Crippen LogP contribution in [0.3, 0.4) is 0 Å². The molecule has 252 valence electrons. The number of aliphatic carboxylic acids is 4. The third-order valence-electron chi connectivity index (χ3n) is 7.30. The third kappa shape index (κ3) is 9.73. The van der Waals surface area contributed by atoms with Crippen LogP contribution in [0.1, 0.15) is 30.6 Å². The van der Waals surface area contributed by atoms with Crippen molar-refractivity contribution in [2.75, 3.05) is 25.0 Å². The number of rotatable bonds is 7. The maximum atomic E-state index is 12.4. The van der Waals surface area contributed by atoms with Crippen molar-refractivity contribution < 1.29 is 48.4 Å². The number of benzene rings is 1. The van der Waals surface area contributed by atoms with Gasteiger partial charge in [-0.15, -0.1) is 0 Å². The zero-order valence-corrected chi connectivity index (χ0v) is 25.4. The van der Waals surface area contributed by atoms with Crippen LogP contribution in [0.25, 0.3) is 22.1 Å². The molecule has 0 saturated carbocycles. The van der Waals surface area contributed by atoms with Gasteiger partial charge in [0.15, 0.2) is 5.65 Å². The third-order valence-corrected chi connectivity index (χ3v) is 7.30. The largest absolute Gasteiger partial charge is 0.543 e. The van der Waals surface area contributed by atoms with E-state index >= 15 is 0 Å². The van der Waals surface area contributed by atoms with Gasteiger partial charge in [-0.1, -0.05) is 18.2 Å². The van der Waals surface area contributed by atoms with Crippen LogP contribution >= 0.6 is 0 Å². The molecule has 0 amide bonds. The molecule has 1 fully saturated rings. The number of aromatic nitrogens is 3. The normalized spacial score (nSPS) is 14.5. The molecule has 16 nitrogen and oxygen atoms in total. The van der Waals surface area contributed by atoms with Crippen molar-refractivity contribution in [2.45, 2.75) is 38.3 Å². The Bertz CT molecular complexity index is 1890. The maximum Gasteiger partial charge on any atom is 0.339 e. The quantitative estimate of drug-likeness (QED) is 0.142. The monoisotopic (exact) mass is 659 g/mol. The van der Waals surface area contributed by atoms with Crippen molar-refractivity contribution >= 4 is 52.0 Å². The maximum absolute atomic E-state index is 12.4. The first-order valence-electron chi connectivity index (χ1n) is 14.7. The summed E-state index contributed by atoms with van der Waals surface area (Å²) in [6.07, 6.45) is 7.33. The number of para-hydroxylation sites is 1. The minimum atomic E-state index is -2.19. The first-order valence-corrected chi connectivity index (χ1v) is 14.7. The van der Waals surface area contributed by atoms with Gasteiger partial charge in [-0.25, -0.2) is 14.8 Å². The number of carbonyl (C=O) groups is 4. The Kier molecular flexibility index (Phi) is 12.0. The number of carboxylic acid groups (broad SMARTS) is 4. The summed E-state index contributed by atoms with van der Waals surface area (Å²) < 4.78 is 13.2. The SMILES string of the molecule is O=C([O-])C(=O)[O-].O=C([O-])C(=O)[O-].O=c1oc2ccccc2cc1CCN1CCCC(Nc2nc3cccnc3n2Cc2ccco2)CC1. The average Bonchev–Trinajstić information content (AvgIpc) is 3.63. The smallest absolute Gasteiger partial charge is 0.339 e. The van der Waals surface area contributed by atoms with Crippen molar-refractivity contribution in [2.24, 2.45) is 0 Å². The van der Waals surface area contributed by atoms with E-state index in [-0.39, 0.29) is 5.63 Å². The summed E-state index contributed by atoms with van der Waals surface area (Å²) in [7, 11) is 0. The van der Waals surface area contributed by atoms with Gasteiger partial charge < -0.3 is 58.7 Å². The van der Waals surface area contributed by atoms with Gasteiger partial charge in [0.05, 0.1) is 36.7 Å². The molecule has 0 aliphatic carbocycles. The lowest BCUT2D eigenvalue weighted by Gasteiger charge is -2.20. The lowest BCUT2D eigenvalue weighted by Crippen LogP contribution is -2.42. The van der Waals surface area contributed by atoms with E-state index < -0.39 is 23.9 Å². The topological polar surface area (TPSA) is 250 Å². The second-order valence-corrected chi connectivity index (χ2v) is 10.6. The molecule has 0 radical (unpaired) electrons. The first kappa shape index (κ1) is 34.8. The van der Waals surface area contributed by atoms with Crippen LogP contribution in [0.4, 0.5) is 5.95 Å². The fourth-order valence-electron chi connectivity index (χ4n) is 5.04. The van der Waals surface area contributed by atoms with Crippen molar-refractivity contribution in [1.29, 1.82) is 0 Å². The highest BCUT2D eigenvalue weighted by Crippen LogP contribution is 2.23. The minimum absolute atomic E-state index is 0.230. The zero-order chi connectivity index (χ0) is 34.6. The molecule has 48 heavy (non-hydrogen) atoms. The van der Waals surface area contributed by atoms with Crippen molar-refractivity contribution in [1.82, 2.24) is 19.4 Å². The van der Waals surface area contributed by atoms with Gasteiger partial charge in [0.2, 0.25) is 5.95 Å². The number of hydrogen-bond donors (Lipinski definition) is 1. The summed E-state index contributed by atoms with van der Waals surface area (Å²) in [6, 6.07) is 17.7. The van der Waals surface area contributed by atoms with Crippen LogP contribution in [0, 0.1) is 0 Å². The molecule has 6 rings (SSSR count). The van der Waals surface area contributed by atoms with E-state index in [9.17, 15) is 4.79 Å². The van der Waals surface area contributed by atoms with Gasteiger partial charge in [0, 0.05) is 36.3 Å². The Morgan fingerprint density at radius 3 is 2.31 bits per heavy atom. The molecule has 1 N–H and O–H groups in total. The number of nitrogens with one attached hydrogen (secondary N) is 1. The Balaban J connectivity index is 0.000000373. The van der Waals surface area contributed by atoms with E-state index in [0.717, 1.165) is 72.7 Å². The predicted molar refractivity (Wildman–Crippen MR) is 159 cm³/mol. The van der Waals surface area contributed by atoms with E-state index in [1.54, 1.807) is 12.5 Å². The number of pyridine rings is 1. The van der Waals surface area contributed by atoms with E-state index in [2.05, 4.69) is 19.8 Å². The number of fused-ring (bicyclic) bond motifs is 2. The highest BCUT2D eigenvalue weighted by Gasteiger charge is 2.21. The van der Waals surface area contributed by atoms with E-state index in [0.29, 0.717) is 24.6 Å². The van der Waals surface area contributed by atoms with Crippen LogP contribution in [0.2, 0.25) is 0 Å². The number of carboxylic acids is 4. The summed E-state index contributed by atoms with van der Waals surface area (Å²) in [5.41, 5.74) is 2.87. The Morgan fingerprint density at radius 2 is 1.62 bits per heavy atom. The molecule has 5 heterocycles. The van der Waals surface area contributed by atoms with Gasteiger partial charge >= 0.3 is 5.63 Å². The van der Waals surface area contributed by atoms with Gasteiger partial charge in [0.25, 0.3) is 0 Å². The molecule has 0 spiro atoms. The van der Waals surface area contributed by atoms with Gasteiger partial charge in [-0.2, -0.15) is 0 Å². The second kappa shape index (κ2) is 16.5. The lowest BCUT2D eigenvalue weighted by molar-refractivity contribution is -0.345.